The summed E-state index contributed by atoms with van der Waals surface area (Å²) in [7, 11) is 1.71. The van der Waals surface area contributed by atoms with Gasteiger partial charge < -0.3 is 15.0 Å². The minimum absolute atomic E-state index is 0.462. The van der Waals surface area contributed by atoms with E-state index >= 15 is 0 Å². The van der Waals surface area contributed by atoms with Crippen molar-refractivity contribution in [3.05, 3.63) is 36.2 Å². The van der Waals surface area contributed by atoms with Gasteiger partial charge in [-0.25, -0.2) is 9.50 Å². The van der Waals surface area contributed by atoms with Crippen molar-refractivity contribution in [1.29, 1.82) is 0 Å². The molecule has 0 unspecified atom stereocenters. The predicted molar refractivity (Wildman–Crippen MR) is 97.5 cm³/mol. The molecule has 0 atom stereocenters. The van der Waals surface area contributed by atoms with Gasteiger partial charge in [-0.3, -0.25) is 0 Å². The topological polar surface area (TPSA) is 54.7 Å². The number of aromatic nitrogens is 3. The van der Waals surface area contributed by atoms with Crippen molar-refractivity contribution >= 4 is 27.1 Å². The second-order valence-corrected chi connectivity index (χ2v) is 7.08. The first kappa shape index (κ1) is 15.3. The second kappa shape index (κ2) is 6.32. The van der Waals surface area contributed by atoms with Crippen molar-refractivity contribution in [2.45, 2.75) is 25.8 Å². The summed E-state index contributed by atoms with van der Waals surface area (Å²) < 4.78 is 7.18. The molecule has 1 aliphatic heterocycles. The molecule has 6 nitrogen and oxygen atoms in total. The molecule has 0 spiro atoms. The zero-order valence-electron chi connectivity index (χ0n) is 13.9. The van der Waals surface area contributed by atoms with Crippen molar-refractivity contribution in [1.82, 2.24) is 14.6 Å². The van der Waals surface area contributed by atoms with Gasteiger partial charge in [-0.05, 0) is 31.9 Å². The van der Waals surface area contributed by atoms with Crippen LogP contribution in [-0.2, 0) is 0 Å². The lowest BCUT2D eigenvalue weighted by Crippen LogP contribution is -2.39. The second-order valence-electron chi connectivity index (χ2n) is 6.12. The summed E-state index contributed by atoms with van der Waals surface area (Å²) in [5, 5.41) is 9.08. The molecule has 0 saturated carbocycles. The van der Waals surface area contributed by atoms with Crippen molar-refractivity contribution in [2.24, 2.45) is 0 Å². The van der Waals surface area contributed by atoms with Gasteiger partial charge in [0.2, 0.25) is 10.1 Å². The van der Waals surface area contributed by atoms with Crippen molar-refractivity contribution in [3.63, 3.8) is 0 Å². The third-order valence-corrected chi connectivity index (χ3v) is 5.26. The molecule has 126 valence electrons. The number of imidazole rings is 1. The summed E-state index contributed by atoms with van der Waals surface area (Å²) in [4.78, 5) is 7.82. The number of methoxy groups -OCH3 is 1. The zero-order chi connectivity index (χ0) is 16.5. The number of hydrogen-bond donors (Lipinski definition) is 1. The van der Waals surface area contributed by atoms with E-state index in [4.69, 9.17) is 4.74 Å². The number of hydrogen-bond acceptors (Lipinski definition) is 6. The molecule has 24 heavy (non-hydrogen) atoms. The largest absolute Gasteiger partial charge is 0.497 e. The molecule has 1 aliphatic rings. The van der Waals surface area contributed by atoms with Crippen LogP contribution in [0.5, 0.6) is 5.75 Å². The lowest BCUT2D eigenvalue weighted by Gasteiger charge is -2.34. The first-order chi connectivity index (χ1) is 11.7. The summed E-state index contributed by atoms with van der Waals surface area (Å²) in [5.74, 6) is 0.911. The molecule has 2 aromatic heterocycles. The van der Waals surface area contributed by atoms with Crippen LogP contribution in [0.25, 0.3) is 4.96 Å². The molecule has 0 bridgehead atoms. The fraction of sp³-hybridized carbons (Fsp3) is 0.412. The van der Waals surface area contributed by atoms with Gasteiger partial charge in [-0.1, -0.05) is 17.4 Å². The Bertz CT molecular complexity index is 803. The molecule has 1 N–H and O–H groups in total. The molecular weight excluding hydrogens is 322 g/mol. The first-order valence-corrected chi connectivity index (χ1v) is 9.01. The standard InChI is InChI=1S/C17H21N5OS/c1-12-11-22-17(18-12)24-16(20-22)19-13-6-8-21(9-7-13)14-4-3-5-15(10-14)23-2/h3-5,10-11,13H,6-9H2,1-2H3,(H,19,20). The number of rotatable bonds is 4. The van der Waals surface area contributed by atoms with Gasteiger partial charge in [0.05, 0.1) is 19.0 Å². The maximum Gasteiger partial charge on any atom is 0.214 e. The number of anilines is 2. The highest BCUT2D eigenvalue weighted by molar-refractivity contribution is 7.20. The number of ether oxygens (including phenoxy) is 1. The van der Waals surface area contributed by atoms with Crippen LogP contribution >= 0.6 is 11.3 Å². The van der Waals surface area contributed by atoms with Crippen LogP contribution < -0.4 is 15.0 Å². The number of nitrogens with zero attached hydrogens (tertiary/aromatic N) is 4. The molecule has 1 aromatic carbocycles. The molecule has 1 fully saturated rings. The normalized spacial score (nSPS) is 15.8. The molecule has 0 radical (unpaired) electrons. The summed E-state index contributed by atoms with van der Waals surface area (Å²) in [5.41, 5.74) is 2.24. The average Bonchev–Trinajstić information content (AvgIpc) is 3.12. The maximum absolute atomic E-state index is 5.32. The minimum Gasteiger partial charge on any atom is -0.497 e. The molecule has 3 heterocycles. The van der Waals surface area contributed by atoms with Crippen LogP contribution in [0.15, 0.2) is 30.5 Å². The summed E-state index contributed by atoms with van der Waals surface area (Å²) in [6.07, 6.45) is 4.15. The van der Waals surface area contributed by atoms with E-state index in [-0.39, 0.29) is 0 Å². The van der Waals surface area contributed by atoms with Gasteiger partial charge >= 0.3 is 0 Å². The van der Waals surface area contributed by atoms with Gasteiger partial charge in [-0.15, -0.1) is 5.10 Å². The fourth-order valence-corrected chi connectivity index (χ4v) is 4.04. The van der Waals surface area contributed by atoms with E-state index in [1.54, 1.807) is 18.4 Å². The van der Waals surface area contributed by atoms with Gasteiger partial charge in [0, 0.05) is 30.9 Å². The highest BCUT2D eigenvalue weighted by atomic mass is 32.1. The van der Waals surface area contributed by atoms with E-state index in [2.05, 4.69) is 32.4 Å². The average molecular weight is 343 g/mol. The van der Waals surface area contributed by atoms with Crippen LogP contribution in [-0.4, -0.2) is 40.8 Å². The quantitative estimate of drug-likeness (QED) is 0.788. The van der Waals surface area contributed by atoms with Crippen molar-refractivity contribution < 1.29 is 4.74 Å². The SMILES string of the molecule is COc1cccc(N2CCC(Nc3nn4cc(C)nc4s3)CC2)c1. The van der Waals surface area contributed by atoms with E-state index in [1.807, 2.05) is 29.8 Å². The number of aryl methyl sites for hydroxylation is 1. The fourth-order valence-electron chi connectivity index (χ4n) is 3.13. The number of benzene rings is 1. The predicted octanol–water partition coefficient (Wildman–Crippen LogP) is 3.19. The van der Waals surface area contributed by atoms with Crippen LogP contribution in [0.3, 0.4) is 0 Å². The Kier molecular flexibility index (Phi) is 4.02. The Hall–Kier alpha value is -2.28. The molecule has 1 saturated heterocycles. The Morgan fingerprint density at radius 1 is 1.29 bits per heavy atom. The van der Waals surface area contributed by atoms with E-state index in [9.17, 15) is 0 Å². The number of fused-ring (bicyclic) bond motifs is 1. The number of nitrogens with one attached hydrogen (secondary N) is 1. The highest BCUT2D eigenvalue weighted by Crippen LogP contribution is 2.26. The molecule has 0 aliphatic carbocycles. The minimum atomic E-state index is 0.462. The van der Waals surface area contributed by atoms with Gasteiger partial charge in [0.1, 0.15) is 5.75 Å². The molecule has 0 amide bonds. The highest BCUT2D eigenvalue weighted by Gasteiger charge is 2.21. The molecule has 3 aromatic rings. The monoisotopic (exact) mass is 343 g/mol. The Balaban J connectivity index is 1.37. The van der Waals surface area contributed by atoms with Crippen molar-refractivity contribution in [3.8, 4) is 5.75 Å². The third kappa shape index (κ3) is 3.03. The molecular formula is C17H21N5OS. The van der Waals surface area contributed by atoms with E-state index in [1.165, 1.54) is 5.69 Å². The maximum atomic E-state index is 5.32. The van der Waals surface area contributed by atoms with Crippen LogP contribution in [0.2, 0.25) is 0 Å². The number of piperidine rings is 1. The Morgan fingerprint density at radius 3 is 2.88 bits per heavy atom. The molecule has 7 heteroatoms. The van der Waals surface area contributed by atoms with Crippen LogP contribution in [0.1, 0.15) is 18.5 Å². The van der Waals surface area contributed by atoms with Crippen molar-refractivity contribution in [2.75, 3.05) is 30.4 Å². The Labute approximate surface area is 145 Å². The first-order valence-electron chi connectivity index (χ1n) is 8.19. The lowest BCUT2D eigenvalue weighted by molar-refractivity contribution is 0.414. The summed E-state index contributed by atoms with van der Waals surface area (Å²) in [6.45, 7) is 4.06. The van der Waals surface area contributed by atoms with E-state index < -0.39 is 0 Å². The summed E-state index contributed by atoms with van der Waals surface area (Å²) >= 11 is 1.61. The lowest BCUT2D eigenvalue weighted by atomic mass is 10.0. The van der Waals surface area contributed by atoms with E-state index in [0.29, 0.717) is 6.04 Å². The third-order valence-electron chi connectivity index (χ3n) is 4.40. The smallest absolute Gasteiger partial charge is 0.214 e. The Morgan fingerprint density at radius 2 is 2.12 bits per heavy atom. The van der Waals surface area contributed by atoms with Crippen LogP contribution in [0, 0.1) is 6.92 Å². The van der Waals surface area contributed by atoms with Crippen LogP contribution in [0.4, 0.5) is 10.8 Å². The zero-order valence-corrected chi connectivity index (χ0v) is 14.7. The van der Waals surface area contributed by atoms with E-state index in [0.717, 1.165) is 47.5 Å². The van der Waals surface area contributed by atoms with Gasteiger partial charge in [0.15, 0.2) is 0 Å². The summed E-state index contributed by atoms with van der Waals surface area (Å²) in [6, 6.07) is 8.74. The van der Waals surface area contributed by atoms with Gasteiger partial charge in [0.25, 0.3) is 0 Å². The molecule has 4 rings (SSSR count). The van der Waals surface area contributed by atoms with Gasteiger partial charge in [-0.2, -0.15) is 0 Å².